The normalized spacial score (nSPS) is 27.9. The highest BCUT2D eigenvalue weighted by molar-refractivity contribution is 5.79. The quantitative estimate of drug-likeness (QED) is 0.792. The third kappa shape index (κ3) is 3.71. The van der Waals surface area contributed by atoms with Crippen LogP contribution < -0.4 is 11.1 Å². The molecule has 0 saturated heterocycles. The summed E-state index contributed by atoms with van der Waals surface area (Å²) in [4.78, 5) is 12.3. The second-order valence-electron chi connectivity index (χ2n) is 6.39. The maximum absolute atomic E-state index is 12.3. The summed E-state index contributed by atoms with van der Waals surface area (Å²) in [6.45, 7) is 9.02. The van der Waals surface area contributed by atoms with Crippen molar-refractivity contribution in [1.82, 2.24) is 5.32 Å². The molecular weight excluding hydrogens is 224 g/mol. The van der Waals surface area contributed by atoms with Crippen molar-refractivity contribution in [2.75, 3.05) is 6.54 Å². The molecule has 0 aromatic heterocycles. The molecule has 1 fully saturated rings. The van der Waals surface area contributed by atoms with Gasteiger partial charge in [-0.1, -0.05) is 27.2 Å². The van der Waals surface area contributed by atoms with Gasteiger partial charge in [-0.25, -0.2) is 0 Å². The molecule has 1 amide bonds. The van der Waals surface area contributed by atoms with Gasteiger partial charge in [0.25, 0.3) is 0 Å². The number of amides is 1. The topological polar surface area (TPSA) is 55.1 Å². The first-order chi connectivity index (χ1) is 8.42. The van der Waals surface area contributed by atoms with Gasteiger partial charge in [0.2, 0.25) is 5.91 Å². The minimum atomic E-state index is -0.265. The van der Waals surface area contributed by atoms with Gasteiger partial charge in [-0.3, -0.25) is 4.79 Å². The third-order valence-corrected chi connectivity index (χ3v) is 4.90. The molecule has 0 radical (unpaired) electrons. The summed E-state index contributed by atoms with van der Waals surface area (Å²) in [7, 11) is 0. The molecule has 3 nitrogen and oxygen atoms in total. The first-order valence-electron chi connectivity index (χ1n) is 7.45. The zero-order valence-electron chi connectivity index (χ0n) is 12.5. The van der Waals surface area contributed by atoms with Crippen molar-refractivity contribution in [2.45, 2.75) is 65.3 Å². The molecule has 3 N–H and O–H groups in total. The fourth-order valence-corrected chi connectivity index (χ4v) is 2.65. The van der Waals surface area contributed by atoms with E-state index in [9.17, 15) is 4.79 Å². The summed E-state index contributed by atoms with van der Waals surface area (Å²) in [6, 6.07) is 0. The molecule has 0 aromatic carbocycles. The van der Waals surface area contributed by atoms with Crippen molar-refractivity contribution in [3.8, 4) is 0 Å². The molecule has 1 atom stereocenters. The minimum Gasteiger partial charge on any atom is -0.349 e. The van der Waals surface area contributed by atoms with E-state index < -0.39 is 0 Å². The van der Waals surface area contributed by atoms with E-state index in [0.717, 1.165) is 18.8 Å². The summed E-state index contributed by atoms with van der Waals surface area (Å²) in [6.07, 6.45) is 5.75. The highest BCUT2D eigenvalue weighted by Gasteiger charge is 2.32. The summed E-state index contributed by atoms with van der Waals surface area (Å²) >= 11 is 0. The van der Waals surface area contributed by atoms with Crippen molar-refractivity contribution in [3.63, 3.8) is 0 Å². The van der Waals surface area contributed by atoms with Gasteiger partial charge < -0.3 is 11.1 Å². The molecular formula is C15H30N2O. The Kier molecular flexibility index (Phi) is 5.64. The van der Waals surface area contributed by atoms with Crippen LogP contribution in [0.2, 0.25) is 0 Å². The van der Waals surface area contributed by atoms with Crippen LogP contribution in [0.3, 0.4) is 0 Å². The SMILES string of the molecule is CCC1CCC(C(=O)NC(C)(CN)C(C)C)CC1. The van der Waals surface area contributed by atoms with Crippen LogP contribution in [0.15, 0.2) is 0 Å². The molecule has 0 spiro atoms. The first kappa shape index (κ1) is 15.5. The highest BCUT2D eigenvalue weighted by Crippen LogP contribution is 2.31. The van der Waals surface area contributed by atoms with Gasteiger partial charge in [-0.2, -0.15) is 0 Å². The fourth-order valence-electron chi connectivity index (χ4n) is 2.65. The van der Waals surface area contributed by atoms with E-state index in [1.54, 1.807) is 0 Å². The van der Waals surface area contributed by atoms with E-state index >= 15 is 0 Å². The summed E-state index contributed by atoms with van der Waals surface area (Å²) in [5.41, 5.74) is 5.55. The molecule has 1 saturated carbocycles. The van der Waals surface area contributed by atoms with Crippen molar-refractivity contribution in [2.24, 2.45) is 23.5 Å². The van der Waals surface area contributed by atoms with Crippen LogP contribution in [0.1, 0.15) is 59.8 Å². The number of hydrogen-bond acceptors (Lipinski definition) is 2. The van der Waals surface area contributed by atoms with Gasteiger partial charge in [0.05, 0.1) is 5.54 Å². The van der Waals surface area contributed by atoms with Crippen LogP contribution >= 0.6 is 0 Å². The number of rotatable bonds is 5. The minimum absolute atomic E-state index is 0.206. The summed E-state index contributed by atoms with van der Waals surface area (Å²) in [5, 5.41) is 3.18. The average Bonchev–Trinajstić information content (AvgIpc) is 2.38. The molecule has 3 heteroatoms. The van der Waals surface area contributed by atoms with Crippen molar-refractivity contribution in [3.05, 3.63) is 0 Å². The van der Waals surface area contributed by atoms with E-state index in [-0.39, 0.29) is 17.4 Å². The average molecular weight is 254 g/mol. The number of carbonyl (C=O) groups excluding carboxylic acids is 1. The lowest BCUT2D eigenvalue weighted by Gasteiger charge is -2.36. The lowest BCUT2D eigenvalue weighted by atomic mass is 9.79. The van der Waals surface area contributed by atoms with Gasteiger partial charge in [-0.15, -0.1) is 0 Å². The zero-order chi connectivity index (χ0) is 13.8. The smallest absolute Gasteiger partial charge is 0.223 e. The Bertz CT molecular complexity index is 270. The van der Waals surface area contributed by atoms with Crippen LogP contribution in [0.5, 0.6) is 0 Å². The first-order valence-corrected chi connectivity index (χ1v) is 7.45. The Morgan fingerprint density at radius 1 is 1.33 bits per heavy atom. The Hall–Kier alpha value is -0.570. The number of carbonyl (C=O) groups is 1. The second-order valence-corrected chi connectivity index (χ2v) is 6.39. The van der Waals surface area contributed by atoms with Gasteiger partial charge in [0, 0.05) is 12.5 Å². The van der Waals surface area contributed by atoms with Crippen molar-refractivity contribution in [1.29, 1.82) is 0 Å². The predicted molar refractivity (Wildman–Crippen MR) is 76.2 cm³/mol. The maximum Gasteiger partial charge on any atom is 0.223 e. The lowest BCUT2D eigenvalue weighted by Crippen LogP contribution is -2.56. The largest absolute Gasteiger partial charge is 0.349 e. The van der Waals surface area contributed by atoms with Crippen molar-refractivity contribution < 1.29 is 4.79 Å². The Balaban J connectivity index is 2.51. The van der Waals surface area contributed by atoms with Crippen molar-refractivity contribution >= 4 is 5.91 Å². The van der Waals surface area contributed by atoms with E-state index in [1.165, 1.54) is 19.3 Å². The highest BCUT2D eigenvalue weighted by atomic mass is 16.2. The fraction of sp³-hybridized carbons (Fsp3) is 0.933. The zero-order valence-corrected chi connectivity index (χ0v) is 12.5. The Morgan fingerprint density at radius 3 is 2.28 bits per heavy atom. The Morgan fingerprint density at radius 2 is 1.89 bits per heavy atom. The van der Waals surface area contributed by atoms with Crippen LogP contribution in [-0.2, 0) is 4.79 Å². The van der Waals surface area contributed by atoms with Gasteiger partial charge in [0.15, 0.2) is 0 Å². The molecule has 0 aliphatic heterocycles. The standard InChI is InChI=1S/C15H30N2O/c1-5-12-6-8-13(9-7-12)14(18)17-15(4,10-16)11(2)3/h11-13H,5-10,16H2,1-4H3,(H,17,18). The maximum atomic E-state index is 12.3. The predicted octanol–water partition coefficient (Wildman–Crippen LogP) is 2.69. The van der Waals surface area contributed by atoms with Gasteiger partial charge in [-0.05, 0) is 44.4 Å². The monoisotopic (exact) mass is 254 g/mol. The number of nitrogens with one attached hydrogen (secondary N) is 1. The van der Waals surface area contributed by atoms with Gasteiger partial charge >= 0.3 is 0 Å². The van der Waals surface area contributed by atoms with E-state index in [4.69, 9.17) is 5.73 Å². The molecule has 0 bridgehead atoms. The van der Waals surface area contributed by atoms with E-state index in [1.807, 2.05) is 6.92 Å². The molecule has 0 heterocycles. The molecule has 1 aliphatic carbocycles. The Labute approximate surface area is 112 Å². The lowest BCUT2D eigenvalue weighted by molar-refractivity contribution is -0.128. The molecule has 1 aliphatic rings. The van der Waals surface area contributed by atoms with Crippen LogP contribution in [0.4, 0.5) is 0 Å². The molecule has 1 rings (SSSR count). The van der Waals surface area contributed by atoms with E-state index in [2.05, 4.69) is 26.1 Å². The number of nitrogens with two attached hydrogens (primary N) is 1. The van der Waals surface area contributed by atoms with E-state index in [0.29, 0.717) is 12.5 Å². The number of hydrogen-bond donors (Lipinski definition) is 2. The second kappa shape index (κ2) is 6.55. The molecule has 106 valence electrons. The molecule has 18 heavy (non-hydrogen) atoms. The third-order valence-electron chi connectivity index (χ3n) is 4.90. The summed E-state index contributed by atoms with van der Waals surface area (Å²) < 4.78 is 0. The molecule has 1 unspecified atom stereocenters. The van der Waals surface area contributed by atoms with Gasteiger partial charge in [0.1, 0.15) is 0 Å². The van der Waals surface area contributed by atoms with Crippen LogP contribution in [0, 0.1) is 17.8 Å². The summed E-state index contributed by atoms with van der Waals surface area (Å²) in [5.74, 6) is 1.61. The van der Waals surface area contributed by atoms with Crippen LogP contribution in [0.25, 0.3) is 0 Å². The van der Waals surface area contributed by atoms with Crippen LogP contribution in [-0.4, -0.2) is 18.0 Å². The molecule has 0 aromatic rings.